The SMILES string of the molecule is CCCCCCCCC=CCCCCCCCCOc1ccc(CNCCCCCCCCN)cc1OCCCCCCCCC=CCCCCCCCC.Cl.Cl. The first-order valence-electron chi connectivity index (χ1n) is 24.4. The highest BCUT2D eigenvalue weighted by molar-refractivity contribution is 5.85. The predicted molar refractivity (Wildman–Crippen MR) is 259 cm³/mol. The van der Waals surface area contributed by atoms with Crippen LogP contribution in [0.25, 0.3) is 0 Å². The minimum atomic E-state index is 0. The van der Waals surface area contributed by atoms with Gasteiger partial charge >= 0.3 is 0 Å². The Balaban J connectivity index is 0. The van der Waals surface area contributed by atoms with Gasteiger partial charge in [0.1, 0.15) is 0 Å². The lowest BCUT2D eigenvalue weighted by Crippen LogP contribution is -2.15. The fourth-order valence-electron chi connectivity index (χ4n) is 7.29. The van der Waals surface area contributed by atoms with Gasteiger partial charge in [-0.05, 0) is 108 Å². The van der Waals surface area contributed by atoms with Gasteiger partial charge in [0.25, 0.3) is 0 Å². The summed E-state index contributed by atoms with van der Waals surface area (Å²) in [4.78, 5) is 0. The Labute approximate surface area is 368 Å². The molecular formula is C51H96Cl2N2O2. The molecule has 1 aromatic rings. The summed E-state index contributed by atoms with van der Waals surface area (Å²) >= 11 is 0. The molecule has 57 heavy (non-hydrogen) atoms. The van der Waals surface area contributed by atoms with E-state index in [2.05, 4.69) is 61.7 Å². The maximum absolute atomic E-state index is 6.40. The molecule has 6 heteroatoms. The molecule has 336 valence electrons. The van der Waals surface area contributed by atoms with E-state index in [-0.39, 0.29) is 24.8 Å². The Morgan fingerprint density at radius 1 is 0.439 bits per heavy atom. The molecule has 0 radical (unpaired) electrons. The predicted octanol–water partition coefficient (Wildman–Crippen LogP) is 16.8. The van der Waals surface area contributed by atoms with Gasteiger partial charge in [0.15, 0.2) is 11.5 Å². The van der Waals surface area contributed by atoms with Gasteiger partial charge in [0, 0.05) is 6.54 Å². The van der Waals surface area contributed by atoms with Gasteiger partial charge in [-0.1, -0.05) is 185 Å². The largest absolute Gasteiger partial charge is 0.490 e. The Bertz CT molecular complexity index is 973. The van der Waals surface area contributed by atoms with Crippen molar-refractivity contribution in [2.24, 2.45) is 5.73 Å². The molecule has 0 fully saturated rings. The van der Waals surface area contributed by atoms with Crippen LogP contribution in [-0.4, -0.2) is 26.3 Å². The number of hydrogen-bond donors (Lipinski definition) is 2. The number of ether oxygens (including phenoxy) is 2. The van der Waals surface area contributed by atoms with Crippen molar-refractivity contribution in [3.63, 3.8) is 0 Å². The van der Waals surface area contributed by atoms with Crippen LogP contribution in [0.2, 0.25) is 0 Å². The summed E-state index contributed by atoms with van der Waals surface area (Å²) in [7, 11) is 0. The molecule has 4 nitrogen and oxygen atoms in total. The second kappa shape index (κ2) is 49.2. The number of benzene rings is 1. The van der Waals surface area contributed by atoms with Crippen molar-refractivity contribution in [3.8, 4) is 11.5 Å². The van der Waals surface area contributed by atoms with Crippen molar-refractivity contribution < 1.29 is 9.47 Å². The first kappa shape index (κ1) is 57.9. The Kier molecular flexibility index (Phi) is 49.9. The van der Waals surface area contributed by atoms with Gasteiger partial charge < -0.3 is 20.5 Å². The molecule has 0 aliphatic heterocycles. The maximum Gasteiger partial charge on any atom is 0.161 e. The number of nitrogens with one attached hydrogen (secondary N) is 1. The first-order chi connectivity index (χ1) is 27.3. The van der Waals surface area contributed by atoms with E-state index in [0.29, 0.717) is 0 Å². The topological polar surface area (TPSA) is 56.5 Å². The van der Waals surface area contributed by atoms with Crippen LogP contribution in [0, 0.1) is 0 Å². The van der Waals surface area contributed by atoms with Crippen LogP contribution >= 0.6 is 24.8 Å². The van der Waals surface area contributed by atoms with Crippen LogP contribution in [0.4, 0.5) is 0 Å². The fourth-order valence-corrected chi connectivity index (χ4v) is 7.29. The van der Waals surface area contributed by atoms with E-state index < -0.39 is 0 Å². The molecule has 0 aliphatic carbocycles. The number of halogens is 2. The van der Waals surface area contributed by atoms with Crippen molar-refractivity contribution in [3.05, 3.63) is 48.1 Å². The zero-order chi connectivity index (χ0) is 39.4. The van der Waals surface area contributed by atoms with Gasteiger partial charge in [-0.15, -0.1) is 24.8 Å². The molecular weight excluding hydrogens is 743 g/mol. The van der Waals surface area contributed by atoms with Crippen molar-refractivity contribution in [2.75, 3.05) is 26.3 Å². The summed E-state index contributed by atoms with van der Waals surface area (Å²) in [5.74, 6) is 1.84. The monoisotopic (exact) mass is 839 g/mol. The molecule has 0 aromatic heterocycles. The molecule has 0 unspecified atom stereocenters. The molecule has 1 rings (SSSR count). The molecule has 0 saturated heterocycles. The molecule has 0 atom stereocenters. The van der Waals surface area contributed by atoms with E-state index in [1.165, 1.54) is 205 Å². The standard InChI is InChI=1S/C51H94N2O2.2ClH/c1-3-5-7-9-11-13-15-17-19-21-23-25-27-31-35-39-45-54-50-42-41-49(48-53-44-38-34-30-29-33-37-43-52)47-51(50)55-46-40-36-32-28-26-24-22-20-18-16-14-12-10-8-6-4-2;;/h17-20,41-42,47,53H,3-16,21-40,43-46,48,52H2,1-2H3;2*1H. The molecule has 0 saturated carbocycles. The van der Waals surface area contributed by atoms with Crippen LogP contribution in [0.1, 0.15) is 238 Å². The van der Waals surface area contributed by atoms with Crippen LogP contribution in [0.5, 0.6) is 11.5 Å². The summed E-state index contributed by atoms with van der Waals surface area (Å²) in [5, 5.41) is 3.66. The van der Waals surface area contributed by atoms with Crippen molar-refractivity contribution >= 4 is 24.8 Å². The molecule has 0 bridgehead atoms. The Hall–Kier alpha value is -1.20. The second-order valence-electron chi connectivity index (χ2n) is 16.4. The summed E-state index contributed by atoms with van der Waals surface area (Å²) in [6.45, 7) is 8.90. The number of allylic oxidation sites excluding steroid dienone is 4. The van der Waals surface area contributed by atoms with E-state index in [4.69, 9.17) is 15.2 Å². The zero-order valence-corrected chi connectivity index (χ0v) is 39.5. The molecule has 0 aliphatic rings. The summed E-state index contributed by atoms with van der Waals surface area (Å²) < 4.78 is 12.7. The maximum atomic E-state index is 6.40. The first-order valence-corrected chi connectivity index (χ1v) is 24.4. The molecule has 0 amide bonds. The van der Waals surface area contributed by atoms with Gasteiger partial charge in [0.2, 0.25) is 0 Å². The van der Waals surface area contributed by atoms with Crippen LogP contribution in [-0.2, 0) is 6.54 Å². The third kappa shape index (κ3) is 41.3. The normalized spacial score (nSPS) is 11.4. The third-order valence-corrected chi connectivity index (χ3v) is 11.0. The zero-order valence-electron chi connectivity index (χ0n) is 37.8. The average molecular weight is 840 g/mol. The Morgan fingerprint density at radius 3 is 1.25 bits per heavy atom. The van der Waals surface area contributed by atoms with Gasteiger partial charge in [-0.3, -0.25) is 0 Å². The molecule has 0 spiro atoms. The lowest BCUT2D eigenvalue weighted by molar-refractivity contribution is 0.258. The van der Waals surface area contributed by atoms with E-state index in [0.717, 1.165) is 63.6 Å². The van der Waals surface area contributed by atoms with Crippen molar-refractivity contribution in [1.82, 2.24) is 5.32 Å². The lowest BCUT2D eigenvalue weighted by Gasteiger charge is -2.15. The summed E-state index contributed by atoms with van der Waals surface area (Å²) in [6, 6.07) is 6.58. The van der Waals surface area contributed by atoms with Gasteiger partial charge in [0.05, 0.1) is 13.2 Å². The fraction of sp³-hybridized carbons (Fsp3) is 0.804. The summed E-state index contributed by atoms with van der Waals surface area (Å²) in [6.07, 6.45) is 54.4. The van der Waals surface area contributed by atoms with Crippen molar-refractivity contribution in [2.45, 2.75) is 239 Å². The third-order valence-electron chi connectivity index (χ3n) is 11.0. The highest BCUT2D eigenvalue weighted by Gasteiger charge is 2.08. The van der Waals surface area contributed by atoms with Gasteiger partial charge in [-0.25, -0.2) is 0 Å². The highest BCUT2D eigenvalue weighted by atomic mass is 35.5. The molecule has 3 N–H and O–H groups in total. The summed E-state index contributed by atoms with van der Waals surface area (Å²) in [5.41, 5.74) is 6.90. The second-order valence-corrected chi connectivity index (χ2v) is 16.4. The minimum absolute atomic E-state index is 0. The van der Waals surface area contributed by atoms with E-state index in [9.17, 15) is 0 Å². The molecule has 1 aromatic carbocycles. The van der Waals surface area contributed by atoms with E-state index >= 15 is 0 Å². The average Bonchev–Trinajstić information content (AvgIpc) is 3.20. The number of nitrogens with two attached hydrogens (primary N) is 1. The quantitative estimate of drug-likeness (QED) is 0.0508. The van der Waals surface area contributed by atoms with E-state index in [1.807, 2.05) is 0 Å². The smallest absolute Gasteiger partial charge is 0.161 e. The lowest BCUT2D eigenvalue weighted by atomic mass is 10.1. The number of unbranched alkanes of at least 4 members (excludes halogenated alkanes) is 29. The number of rotatable bonds is 44. The number of hydrogen-bond acceptors (Lipinski definition) is 4. The highest BCUT2D eigenvalue weighted by Crippen LogP contribution is 2.29. The molecule has 0 heterocycles. The van der Waals surface area contributed by atoms with Crippen LogP contribution in [0.15, 0.2) is 42.5 Å². The van der Waals surface area contributed by atoms with Crippen LogP contribution < -0.4 is 20.5 Å². The Morgan fingerprint density at radius 2 is 0.807 bits per heavy atom. The van der Waals surface area contributed by atoms with Gasteiger partial charge in [-0.2, -0.15) is 0 Å². The van der Waals surface area contributed by atoms with E-state index in [1.54, 1.807) is 0 Å². The van der Waals surface area contributed by atoms with Crippen LogP contribution in [0.3, 0.4) is 0 Å². The minimum Gasteiger partial charge on any atom is -0.490 e. The van der Waals surface area contributed by atoms with Crippen molar-refractivity contribution in [1.29, 1.82) is 0 Å².